The van der Waals surface area contributed by atoms with Gasteiger partial charge in [-0.2, -0.15) is 0 Å². The highest BCUT2D eigenvalue weighted by molar-refractivity contribution is 5.96. The van der Waals surface area contributed by atoms with E-state index < -0.39 is 6.04 Å². The van der Waals surface area contributed by atoms with Crippen LogP contribution in [0.25, 0.3) is 0 Å². The summed E-state index contributed by atoms with van der Waals surface area (Å²) in [6, 6.07) is 17.0. The summed E-state index contributed by atoms with van der Waals surface area (Å²) in [5.41, 5.74) is 2.62. The third-order valence-corrected chi connectivity index (χ3v) is 5.24. The van der Waals surface area contributed by atoms with Crippen molar-refractivity contribution >= 4 is 23.2 Å². The molecule has 6 nitrogen and oxygen atoms in total. The molecule has 146 valence electrons. The zero-order chi connectivity index (χ0) is 19.3. The van der Waals surface area contributed by atoms with Gasteiger partial charge in [-0.1, -0.05) is 36.4 Å². The molecule has 0 bridgehead atoms. The number of hydrogen-bond acceptors (Lipinski definition) is 4. The average Bonchev–Trinajstić information content (AvgIpc) is 3.19. The molecule has 0 aliphatic carbocycles. The van der Waals surface area contributed by atoms with Gasteiger partial charge < -0.3 is 19.9 Å². The smallest absolute Gasteiger partial charge is 0.249 e. The van der Waals surface area contributed by atoms with Crippen LogP contribution in [0.3, 0.4) is 0 Å². The van der Waals surface area contributed by atoms with E-state index in [1.807, 2.05) is 64.4 Å². The van der Waals surface area contributed by atoms with Gasteiger partial charge in [0.25, 0.3) is 0 Å². The summed E-state index contributed by atoms with van der Waals surface area (Å²) in [6.07, 6.45) is 1.48. The maximum absolute atomic E-state index is 13.2. The molecule has 2 aromatic carbocycles. The highest BCUT2D eigenvalue weighted by atomic mass is 16.5. The Morgan fingerprint density at radius 2 is 1.79 bits per heavy atom. The number of anilines is 2. The van der Waals surface area contributed by atoms with Crippen molar-refractivity contribution in [3.63, 3.8) is 0 Å². The second kappa shape index (κ2) is 8.44. The summed E-state index contributed by atoms with van der Waals surface area (Å²) in [7, 11) is 0. The predicted molar refractivity (Wildman–Crippen MR) is 108 cm³/mol. The van der Waals surface area contributed by atoms with Gasteiger partial charge in [-0.25, -0.2) is 0 Å². The molecule has 2 amide bonds. The lowest BCUT2D eigenvalue weighted by Gasteiger charge is -2.31. The van der Waals surface area contributed by atoms with E-state index in [1.165, 1.54) is 0 Å². The lowest BCUT2D eigenvalue weighted by molar-refractivity contribution is -0.136. The molecule has 2 fully saturated rings. The van der Waals surface area contributed by atoms with Crippen molar-refractivity contribution in [3.05, 3.63) is 60.2 Å². The van der Waals surface area contributed by atoms with Crippen LogP contribution in [0.5, 0.6) is 0 Å². The summed E-state index contributed by atoms with van der Waals surface area (Å²) >= 11 is 0. The fraction of sp³-hybridized carbons (Fsp3) is 0.364. The number of rotatable bonds is 5. The standard InChI is InChI=1S/C22H25N3O3/c26-20-10-5-11-25(20)19-9-4-8-18(16-19)23-21(17-6-2-1-3-7-17)22(27)24-12-14-28-15-13-24/h1-4,6-9,16,21,23H,5,10-15H2/t21-/m0/s1. The van der Waals surface area contributed by atoms with Gasteiger partial charge in [-0.3, -0.25) is 9.59 Å². The van der Waals surface area contributed by atoms with E-state index in [0.717, 1.165) is 29.9 Å². The normalized spacial score (nSPS) is 18.2. The van der Waals surface area contributed by atoms with Crippen LogP contribution in [0.15, 0.2) is 54.6 Å². The molecule has 2 aromatic rings. The highest BCUT2D eigenvalue weighted by Gasteiger charge is 2.28. The number of carbonyl (C=O) groups excluding carboxylic acids is 2. The van der Waals surface area contributed by atoms with Crippen molar-refractivity contribution < 1.29 is 14.3 Å². The molecule has 0 aromatic heterocycles. The topological polar surface area (TPSA) is 61.9 Å². The number of morpholine rings is 1. The van der Waals surface area contributed by atoms with Crippen molar-refractivity contribution in [3.8, 4) is 0 Å². The fourth-order valence-electron chi connectivity index (χ4n) is 3.75. The lowest BCUT2D eigenvalue weighted by Crippen LogP contribution is -2.44. The zero-order valence-corrected chi connectivity index (χ0v) is 15.8. The van der Waals surface area contributed by atoms with E-state index in [4.69, 9.17) is 4.74 Å². The molecule has 1 atom stereocenters. The second-order valence-electron chi connectivity index (χ2n) is 7.12. The van der Waals surface area contributed by atoms with Crippen LogP contribution >= 0.6 is 0 Å². The van der Waals surface area contributed by atoms with Crippen molar-refractivity contribution in [2.75, 3.05) is 43.1 Å². The van der Waals surface area contributed by atoms with Crippen LogP contribution < -0.4 is 10.2 Å². The first-order chi connectivity index (χ1) is 13.7. The second-order valence-corrected chi connectivity index (χ2v) is 7.12. The summed E-state index contributed by atoms with van der Waals surface area (Å²) in [5, 5.41) is 3.40. The number of amides is 2. The van der Waals surface area contributed by atoms with Gasteiger partial charge in [0.1, 0.15) is 6.04 Å². The van der Waals surface area contributed by atoms with Crippen LogP contribution in [0.2, 0.25) is 0 Å². The first-order valence-corrected chi connectivity index (χ1v) is 9.81. The van der Waals surface area contributed by atoms with Crippen LogP contribution in [0.4, 0.5) is 11.4 Å². The Balaban J connectivity index is 1.59. The number of ether oxygens (including phenoxy) is 1. The lowest BCUT2D eigenvalue weighted by atomic mass is 10.0. The van der Waals surface area contributed by atoms with E-state index in [0.29, 0.717) is 32.7 Å². The molecule has 0 saturated carbocycles. The van der Waals surface area contributed by atoms with Gasteiger partial charge in [0.15, 0.2) is 0 Å². The fourth-order valence-corrected chi connectivity index (χ4v) is 3.75. The monoisotopic (exact) mass is 379 g/mol. The third kappa shape index (κ3) is 4.02. The Morgan fingerprint density at radius 3 is 2.50 bits per heavy atom. The predicted octanol–water partition coefficient (Wildman–Crippen LogP) is 2.83. The number of carbonyl (C=O) groups is 2. The molecule has 1 N–H and O–H groups in total. The van der Waals surface area contributed by atoms with Gasteiger partial charge in [-0.05, 0) is 30.2 Å². The van der Waals surface area contributed by atoms with Gasteiger partial charge in [0, 0.05) is 37.4 Å². The SMILES string of the molecule is O=C([C@@H](Nc1cccc(N2CCCC2=O)c1)c1ccccc1)N1CCOCC1. The molecule has 0 radical (unpaired) electrons. The molecule has 2 heterocycles. The van der Waals surface area contributed by atoms with Gasteiger partial charge in [0.2, 0.25) is 11.8 Å². The quantitative estimate of drug-likeness (QED) is 0.868. The molecule has 2 aliphatic heterocycles. The van der Waals surface area contributed by atoms with Crippen LogP contribution in [0, 0.1) is 0 Å². The van der Waals surface area contributed by atoms with Crippen LogP contribution in [0.1, 0.15) is 24.4 Å². The third-order valence-electron chi connectivity index (χ3n) is 5.24. The van der Waals surface area contributed by atoms with Crippen LogP contribution in [-0.2, 0) is 14.3 Å². The van der Waals surface area contributed by atoms with E-state index in [1.54, 1.807) is 0 Å². The minimum atomic E-state index is -0.483. The summed E-state index contributed by atoms with van der Waals surface area (Å²) in [5.74, 6) is 0.193. The number of hydrogen-bond donors (Lipinski definition) is 1. The van der Waals surface area contributed by atoms with Crippen molar-refractivity contribution in [1.82, 2.24) is 4.90 Å². The zero-order valence-electron chi connectivity index (χ0n) is 15.8. The van der Waals surface area contributed by atoms with Crippen molar-refractivity contribution in [2.45, 2.75) is 18.9 Å². The molecule has 6 heteroatoms. The Labute approximate surface area is 165 Å². The molecule has 0 spiro atoms. The van der Waals surface area contributed by atoms with Crippen molar-refractivity contribution in [2.24, 2.45) is 0 Å². The molecular weight excluding hydrogens is 354 g/mol. The maximum atomic E-state index is 13.2. The summed E-state index contributed by atoms with van der Waals surface area (Å²) in [4.78, 5) is 29.0. The number of benzene rings is 2. The van der Waals surface area contributed by atoms with Crippen molar-refractivity contribution in [1.29, 1.82) is 0 Å². The minimum absolute atomic E-state index is 0.0390. The molecular formula is C22H25N3O3. The Hall–Kier alpha value is -2.86. The molecule has 2 saturated heterocycles. The Kier molecular flexibility index (Phi) is 5.58. The highest BCUT2D eigenvalue weighted by Crippen LogP contribution is 2.27. The van der Waals surface area contributed by atoms with E-state index >= 15 is 0 Å². The van der Waals surface area contributed by atoms with E-state index in [9.17, 15) is 9.59 Å². The van der Waals surface area contributed by atoms with Crippen LogP contribution in [-0.4, -0.2) is 49.6 Å². The van der Waals surface area contributed by atoms with E-state index in [2.05, 4.69) is 5.32 Å². The molecule has 28 heavy (non-hydrogen) atoms. The first kappa shape index (κ1) is 18.5. The largest absolute Gasteiger partial charge is 0.378 e. The summed E-state index contributed by atoms with van der Waals surface area (Å²) in [6.45, 7) is 3.09. The number of nitrogens with one attached hydrogen (secondary N) is 1. The van der Waals surface area contributed by atoms with Gasteiger partial charge in [-0.15, -0.1) is 0 Å². The minimum Gasteiger partial charge on any atom is -0.378 e. The number of nitrogens with zero attached hydrogens (tertiary/aromatic N) is 2. The van der Waals surface area contributed by atoms with Gasteiger partial charge in [0.05, 0.1) is 13.2 Å². The first-order valence-electron chi connectivity index (χ1n) is 9.81. The summed E-state index contributed by atoms with van der Waals surface area (Å²) < 4.78 is 5.38. The molecule has 2 aliphatic rings. The Morgan fingerprint density at radius 1 is 1.00 bits per heavy atom. The Bertz CT molecular complexity index is 834. The molecule has 0 unspecified atom stereocenters. The van der Waals surface area contributed by atoms with E-state index in [-0.39, 0.29) is 11.8 Å². The average molecular weight is 379 g/mol. The van der Waals surface area contributed by atoms with Gasteiger partial charge >= 0.3 is 0 Å². The molecule has 4 rings (SSSR count). The maximum Gasteiger partial charge on any atom is 0.249 e.